The largest absolute Gasteiger partial charge is 0.496 e. The minimum Gasteiger partial charge on any atom is -0.496 e. The number of amides is 1. The number of halogens is 2. The first-order valence-corrected chi connectivity index (χ1v) is 8.86. The fraction of sp³-hybridized carbons (Fsp3) is 0.556. The van der Waals surface area contributed by atoms with Crippen LogP contribution in [0.25, 0.3) is 0 Å². The van der Waals surface area contributed by atoms with E-state index in [4.69, 9.17) is 21.1 Å². The highest BCUT2D eigenvalue weighted by atomic mass is 127. The van der Waals surface area contributed by atoms with Gasteiger partial charge in [-0.15, -0.1) is 24.0 Å². The maximum atomic E-state index is 11.5. The molecule has 0 unspecified atom stereocenters. The van der Waals surface area contributed by atoms with Gasteiger partial charge in [0.2, 0.25) is 0 Å². The van der Waals surface area contributed by atoms with Crippen molar-refractivity contribution < 1.29 is 14.3 Å². The smallest absolute Gasteiger partial charge is 0.407 e. The van der Waals surface area contributed by atoms with Crippen molar-refractivity contribution in [3.8, 4) is 5.75 Å². The highest BCUT2D eigenvalue weighted by molar-refractivity contribution is 14.0. The molecule has 0 radical (unpaired) electrons. The van der Waals surface area contributed by atoms with Crippen LogP contribution in [0.15, 0.2) is 23.2 Å². The summed E-state index contributed by atoms with van der Waals surface area (Å²) in [5.74, 6) is 1.39. The Morgan fingerprint density at radius 3 is 2.44 bits per heavy atom. The minimum atomic E-state index is -0.489. The molecule has 1 rings (SSSR count). The lowest BCUT2D eigenvalue weighted by molar-refractivity contribution is 0.0527. The summed E-state index contributed by atoms with van der Waals surface area (Å²) in [6.07, 6.45) is 0.333. The summed E-state index contributed by atoms with van der Waals surface area (Å²) in [6, 6.07) is 5.50. The van der Waals surface area contributed by atoms with Gasteiger partial charge in [0.05, 0.1) is 7.11 Å². The van der Waals surface area contributed by atoms with Gasteiger partial charge in [0, 0.05) is 37.3 Å². The van der Waals surface area contributed by atoms with Crippen LogP contribution in [-0.4, -0.2) is 44.9 Å². The van der Waals surface area contributed by atoms with E-state index in [0.29, 0.717) is 30.6 Å². The van der Waals surface area contributed by atoms with Crippen LogP contribution in [0, 0.1) is 0 Å². The number of alkyl carbamates (subject to hydrolysis) is 1. The molecular weight excluding hydrogens is 483 g/mol. The molecule has 1 amide bonds. The lowest BCUT2D eigenvalue weighted by atomic mass is 10.2. The summed E-state index contributed by atoms with van der Waals surface area (Å²) < 4.78 is 10.5. The van der Waals surface area contributed by atoms with E-state index in [1.165, 1.54) is 0 Å². The topological polar surface area (TPSA) is 84.0 Å². The first-order chi connectivity index (χ1) is 12.2. The third kappa shape index (κ3) is 11.1. The summed E-state index contributed by atoms with van der Waals surface area (Å²) in [4.78, 5) is 15.7. The number of methoxy groups -OCH3 is 1. The molecule has 0 bridgehead atoms. The lowest BCUT2D eigenvalue weighted by Gasteiger charge is -2.19. The van der Waals surface area contributed by atoms with Gasteiger partial charge in [-0.05, 0) is 39.3 Å². The summed E-state index contributed by atoms with van der Waals surface area (Å²) >= 11 is 5.97. The number of carbonyl (C=O) groups is 1. The van der Waals surface area contributed by atoms with Crippen LogP contribution in [-0.2, 0) is 11.3 Å². The average molecular weight is 513 g/mol. The third-order valence-corrected chi connectivity index (χ3v) is 3.47. The molecule has 0 saturated heterocycles. The van der Waals surface area contributed by atoms with E-state index >= 15 is 0 Å². The van der Waals surface area contributed by atoms with Crippen LogP contribution in [0.1, 0.15) is 32.8 Å². The van der Waals surface area contributed by atoms with Crippen molar-refractivity contribution in [2.75, 3.05) is 27.2 Å². The zero-order chi connectivity index (χ0) is 19.6. The molecule has 0 aromatic heterocycles. The molecule has 0 heterocycles. The maximum Gasteiger partial charge on any atom is 0.407 e. The average Bonchev–Trinajstić information content (AvgIpc) is 2.56. The Bertz CT molecular complexity index is 621. The summed E-state index contributed by atoms with van der Waals surface area (Å²) in [6.45, 7) is 7.23. The number of hydrogen-bond donors (Lipinski definition) is 3. The fourth-order valence-corrected chi connectivity index (χ4v) is 2.23. The Hall–Kier alpha value is -1.42. The third-order valence-electron chi connectivity index (χ3n) is 3.23. The summed E-state index contributed by atoms with van der Waals surface area (Å²) in [7, 11) is 3.31. The number of aliphatic imine (C=N–C) groups is 1. The quantitative estimate of drug-likeness (QED) is 0.225. The van der Waals surface area contributed by atoms with Crippen molar-refractivity contribution in [3.05, 3.63) is 28.8 Å². The molecule has 0 aliphatic carbocycles. The number of ether oxygens (including phenoxy) is 2. The minimum absolute atomic E-state index is 0. The van der Waals surface area contributed by atoms with Crippen LogP contribution < -0.4 is 20.7 Å². The number of carbonyl (C=O) groups excluding carboxylic acids is 1. The van der Waals surface area contributed by atoms with Gasteiger partial charge in [0.25, 0.3) is 0 Å². The molecule has 154 valence electrons. The lowest BCUT2D eigenvalue weighted by Crippen LogP contribution is -2.39. The molecule has 3 N–H and O–H groups in total. The molecule has 0 atom stereocenters. The van der Waals surface area contributed by atoms with Gasteiger partial charge >= 0.3 is 6.09 Å². The van der Waals surface area contributed by atoms with Gasteiger partial charge in [0.1, 0.15) is 11.4 Å². The van der Waals surface area contributed by atoms with Gasteiger partial charge in [0.15, 0.2) is 5.96 Å². The summed E-state index contributed by atoms with van der Waals surface area (Å²) in [5, 5.41) is 9.75. The number of nitrogens with one attached hydrogen (secondary N) is 3. The van der Waals surface area contributed by atoms with Crippen LogP contribution in [0.3, 0.4) is 0 Å². The van der Waals surface area contributed by atoms with E-state index in [-0.39, 0.29) is 24.0 Å². The molecule has 1 aromatic carbocycles. The predicted octanol–water partition coefficient (Wildman–Crippen LogP) is 3.55. The summed E-state index contributed by atoms with van der Waals surface area (Å²) in [5.41, 5.74) is 0.489. The van der Waals surface area contributed by atoms with Crippen LogP contribution in [0.2, 0.25) is 5.02 Å². The zero-order valence-corrected chi connectivity index (χ0v) is 19.6. The number of nitrogens with zero attached hydrogens (tertiary/aromatic N) is 1. The molecule has 1 aromatic rings. The molecule has 0 spiro atoms. The van der Waals surface area contributed by atoms with Crippen molar-refractivity contribution in [1.82, 2.24) is 16.0 Å². The molecular formula is C18H30ClIN4O3. The molecule has 9 heteroatoms. The first kappa shape index (κ1) is 25.6. The Labute approximate surface area is 183 Å². The fourth-order valence-electron chi connectivity index (χ4n) is 2.06. The molecule has 0 fully saturated rings. The number of guanidine groups is 1. The van der Waals surface area contributed by atoms with Crippen LogP contribution in [0.4, 0.5) is 4.79 Å². The molecule has 0 aliphatic heterocycles. The Morgan fingerprint density at radius 1 is 1.19 bits per heavy atom. The number of rotatable bonds is 7. The number of hydrogen-bond acceptors (Lipinski definition) is 4. The molecule has 0 aliphatic rings. The predicted molar refractivity (Wildman–Crippen MR) is 120 cm³/mol. The maximum absolute atomic E-state index is 11.5. The molecule has 7 nitrogen and oxygen atoms in total. The van der Waals surface area contributed by atoms with Crippen molar-refractivity contribution in [2.45, 2.75) is 39.3 Å². The zero-order valence-electron chi connectivity index (χ0n) is 16.5. The normalized spacial score (nSPS) is 11.3. The second kappa shape index (κ2) is 12.9. The van der Waals surface area contributed by atoms with Gasteiger partial charge in [-0.25, -0.2) is 4.79 Å². The first-order valence-electron chi connectivity index (χ1n) is 8.49. The van der Waals surface area contributed by atoms with E-state index in [1.807, 2.05) is 32.9 Å². The Morgan fingerprint density at radius 2 is 1.85 bits per heavy atom. The van der Waals surface area contributed by atoms with E-state index in [0.717, 1.165) is 17.7 Å². The monoisotopic (exact) mass is 512 g/mol. The van der Waals surface area contributed by atoms with Crippen molar-refractivity contribution in [2.24, 2.45) is 4.99 Å². The van der Waals surface area contributed by atoms with E-state index in [9.17, 15) is 4.79 Å². The van der Waals surface area contributed by atoms with E-state index < -0.39 is 11.7 Å². The second-order valence-corrected chi connectivity index (χ2v) is 7.03. The van der Waals surface area contributed by atoms with Crippen LogP contribution >= 0.6 is 35.6 Å². The van der Waals surface area contributed by atoms with Crippen LogP contribution in [0.5, 0.6) is 5.75 Å². The van der Waals surface area contributed by atoms with Gasteiger partial charge in [-0.3, -0.25) is 4.99 Å². The van der Waals surface area contributed by atoms with Crippen molar-refractivity contribution in [1.29, 1.82) is 0 Å². The standard InChI is InChI=1S/C18H29ClN4O3.HI/c1-18(2,3)26-17(24)22-10-6-9-21-16(20-4)23-12-13-7-8-14(19)11-15(13)25-5;/h7-8,11H,6,9-10,12H2,1-5H3,(H,22,24)(H2,20,21,23);1H. The van der Waals surface area contributed by atoms with Gasteiger partial charge in [-0.1, -0.05) is 17.7 Å². The van der Waals surface area contributed by atoms with Gasteiger partial charge < -0.3 is 25.4 Å². The van der Waals surface area contributed by atoms with E-state index in [1.54, 1.807) is 20.2 Å². The van der Waals surface area contributed by atoms with Crippen molar-refractivity contribution in [3.63, 3.8) is 0 Å². The Balaban J connectivity index is 0.00000676. The number of benzene rings is 1. The van der Waals surface area contributed by atoms with Gasteiger partial charge in [-0.2, -0.15) is 0 Å². The highest BCUT2D eigenvalue weighted by Crippen LogP contribution is 2.22. The molecule has 27 heavy (non-hydrogen) atoms. The Kier molecular flexibility index (Phi) is 12.2. The second-order valence-electron chi connectivity index (χ2n) is 6.59. The van der Waals surface area contributed by atoms with Crippen molar-refractivity contribution >= 4 is 47.6 Å². The SMILES string of the molecule is CN=C(NCCCNC(=O)OC(C)(C)C)NCc1ccc(Cl)cc1OC.I. The highest BCUT2D eigenvalue weighted by Gasteiger charge is 2.15. The molecule has 0 saturated carbocycles. The van der Waals surface area contributed by atoms with E-state index in [2.05, 4.69) is 20.9 Å².